The molecule has 2 rings (SSSR count). The molecule has 2 aliphatic rings. The second-order valence-electron chi connectivity index (χ2n) is 4.20. The number of amides is 1. The van der Waals surface area contributed by atoms with Crippen molar-refractivity contribution in [3.8, 4) is 0 Å². The zero-order valence-electron chi connectivity index (χ0n) is 8.20. The highest BCUT2D eigenvalue weighted by atomic mass is 19.4. The van der Waals surface area contributed by atoms with Crippen LogP contribution in [0.3, 0.4) is 0 Å². The maximum atomic E-state index is 12.3. The molecule has 0 aromatic carbocycles. The van der Waals surface area contributed by atoms with Crippen molar-refractivity contribution in [3.63, 3.8) is 0 Å². The van der Waals surface area contributed by atoms with Crippen LogP contribution in [0, 0.1) is 5.92 Å². The number of halogens is 3. The molecule has 0 aromatic rings. The smallest absolute Gasteiger partial charge is 0.471 e. The SMILES string of the molecule is O=C(O)C1CCC2CC2N1C(=O)C(F)(F)F. The Morgan fingerprint density at radius 3 is 2.38 bits per heavy atom. The van der Waals surface area contributed by atoms with Crippen molar-refractivity contribution in [3.05, 3.63) is 0 Å². The van der Waals surface area contributed by atoms with Crippen molar-refractivity contribution in [2.24, 2.45) is 5.92 Å². The molecule has 1 aliphatic heterocycles. The second-order valence-corrected chi connectivity index (χ2v) is 4.20. The van der Waals surface area contributed by atoms with Crippen molar-refractivity contribution < 1.29 is 27.9 Å². The van der Waals surface area contributed by atoms with Gasteiger partial charge >= 0.3 is 18.1 Å². The van der Waals surface area contributed by atoms with Gasteiger partial charge in [-0.1, -0.05) is 0 Å². The van der Waals surface area contributed by atoms with E-state index in [1.165, 1.54) is 0 Å². The molecule has 7 heteroatoms. The first-order chi connectivity index (χ1) is 7.32. The molecule has 4 nitrogen and oxygen atoms in total. The molecular formula is C9H10F3NO3. The van der Waals surface area contributed by atoms with Crippen LogP contribution in [0.5, 0.6) is 0 Å². The van der Waals surface area contributed by atoms with E-state index in [4.69, 9.17) is 5.11 Å². The lowest BCUT2D eigenvalue weighted by Gasteiger charge is -2.33. The molecule has 2 fully saturated rings. The maximum Gasteiger partial charge on any atom is 0.471 e. The lowest BCUT2D eigenvalue weighted by molar-refractivity contribution is -0.192. The van der Waals surface area contributed by atoms with E-state index < -0.39 is 30.1 Å². The van der Waals surface area contributed by atoms with Crippen LogP contribution in [-0.4, -0.2) is 40.1 Å². The van der Waals surface area contributed by atoms with Crippen molar-refractivity contribution in [2.75, 3.05) is 0 Å². The van der Waals surface area contributed by atoms with Crippen molar-refractivity contribution in [1.82, 2.24) is 4.90 Å². The van der Waals surface area contributed by atoms with Crippen molar-refractivity contribution in [2.45, 2.75) is 37.5 Å². The van der Waals surface area contributed by atoms with E-state index in [0.29, 0.717) is 17.7 Å². The number of carbonyl (C=O) groups excluding carboxylic acids is 1. The van der Waals surface area contributed by atoms with Gasteiger partial charge in [-0.15, -0.1) is 0 Å². The van der Waals surface area contributed by atoms with E-state index in [1.807, 2.05) is 0 Å². The predicted molar refractivity (Wildman–Crippen MR) is 45.5 cm³/mol. The normalized spacial score (nSPS) is 33.2. The summed E-state index contributed by atoms with van der Waals surface area (Å²) in [6.45, 7) is 0. The third-order valence-electron chi connectivity index (χ3n) is 3.15. The van der Waals surface area contributed by atoms with Crippen LogP contribution in [-0.2, 0) is 9.59 Å². The Morgan fingerprint density at radius 1 is 1.25 bits per heavy atom. The molecular weight excluding hydrogens is 227 g/mol. The summed E-state index contributed by atoms with van der Waals surface area (Å²) in [5, 5.41) is 8.80. The van der Waals surface area contributed by atoms with Crippen LogP contribution in [0.2, 0.25) is 0 Å². The summed E-state index contributed by atoms with van der Waals surface area (Å²) in [4.78, 5) is 22.4. The van der Waals surface area contributed by atoms with E-state index >= 15 is 0 Å². The number of rotatable bonds is 1. The summed E-state index contributed by atoms with van der Waals surface area (Å²) in [7, 11) is 0. The number of carbonyl (C=O) groups is 2. The number of piperidine rings is 1. The van der Waals surface area contributed by atoms with Crippen LogP contribution < -0.4 is 0 Å². The molecule has 90 valence electrons. The fourth-order valence-corrected chi connectivity index (χ4v) is 2.31. The summed E-state index contributed by atoms with van der Waals surface area (Å²) in [6.07, 6.45) is -3.80. The summed E-state index contributed by atoms with van der Waals surface area (Å²) >= 11 is 0. The minimum absolute atomic E-state index is 0.0573. The largest absolute Gasteiger partial charge is 0.480 e. The monoisotopic (exact) mass is 237 g/mol. The van der Waals surface area contributed by atoms with Gasteiger partial charge in [0, 0.05) is 6.04 Å². The van der Waals surface area contributed by atoms with Gasteiger partial charge in [0.15, 0.2) is 0 Å². The average Bonchev–Trinajstić information content (AvgIpc) is 2.91. The minimum Gasteiger partial charge on any atom is -0.480 e. The van der Waals surface area contributed by atoms with Crippen LogP contribution >= 0.6 is 0 Å². The van der Waals surface area contributed by atoms with E-state index in [2.05, 4.69) is 0 Å². The first-order valence-electron chi connectivity index (χ1n) is 4.94. The molecule has 1 heterocycles. The standard InChI is InChI=1S/C9H10F3NO3/c10-9(11,12)8(16)13-5(7(14)15)2-1-4-3-6(4)13/h4-6H,1-3H2,(H,14,15). The Bertz CT molecular complexity index is 341. The number of likely N-dealkylation sites (tertiary alicyclic amines) is 1. The molecule has 1 saturated carbocycles. The van der Waals surface area contributed by atoms with Crippen molar-refractivity contribution >= 4 is 11.9 Å². The van der Waals surface area contributed by atoms with Gasteiger partial charge in [0.25, 0.3) is 0 Å². The average molecular weight is 237 g/mol. The fourth-order valence-electron chi connectivity index (χ4n) is 2.31. The Kier molecular flexibility index (Phi) is 2.36. The first-order valence-corrected chi connectivity index (χ1v) is 4.94. The molecule has 16 heavy (non-hydrogen) atoms. The summed E-state index contributed by atoms with van der Waals surface area (Å²) in [6, 6.07) is -1.85. The molecule has 0 radical (unpaired) electrons. The number of nitrogens with zero attached hydrogens (tertiary/aromatic N) is 1. The van der Waals surface area contributed by atoms with Gasteiger partial charge in [-0.25, -0.2) is 4.79 Å². The molecule has 1 aliphatic carbocycles. The molecule has 0 aromatic heterocycles. The van der Waals surface area contributed by atoms with Crippen LogP contribution in [0.1, 0.15) is 19.3 Å². The Balaban J connectivity index is 2.21. The third kappa shape index (κ3) is 1.74. The number of hydrogen-bond acceptors (Lipinski definition) is 2. The Labute approximate surface area is 89.0 Å². The fraction of sp³-hybridized carbons (Fsp3) is 0.778. The van der Waals surface area contributed by atoms with Gasteiger partial charge < -0.3 is 10.0 Å². The number of alkyl halides is 3. The Hall–Kier alpha value is -1.27. The second kappa shape index (κ2) is 3.36. The quantitative estimate of drug-likeness (QED) is 0.740. The van der Waals surface area contributed by atoms with Crippen LogP contribution in [0.15, 0.2) is 0 Å². The number of carboxylic acid groups (broad SMARTS) is 1. The van der Waals surface area contributed by atoms with Gasteiger partial charge in [-0.3, -0.25) is 4.79 Å². The first kappa shape index (κ1) is 11.2. The van der Waals surface area contributed by atoms with Gasteiger partial charge in [0.1, 0.15) is 6.04 Å². The van der Waals surface area contributed by atoms with Crippen LogP contribution in [0.4, 0.5) is 13.2 Å². The molecule has 3 unspecified atom stereocenters. The van der Waals surface area contributed by atoms with E-state index in [0.717, 1.165) is 0 Å². The molecule has 0 spiro atoms. The third-order valence-corrected chi connectivity index (χ3v) is 3.15. The summed E-state index contributed by atoms with van der Waals surface area (Å²) in [5.74, 6) is -3.32. The topological polar surface area (TPSA) is 57.6 Å². The predicted octanol–water partition coefficient (Wildman–Crippen LogP) is 1.01. The van der Waals surface area contributed by atoms with Crippen LogP contribution in [0.25, 0.3) is 0 Å². The maximum absolute atomic E-state index is 12.3. The van der Waals surface area contributed by atoms with E-state index in [1.54, 1.807) is 0 Å². The number of hydrogen-bond donors (Lipinski definition) is 1. The number of carboxylic acids is 1. The molecule has 1 amide bonds. The highest BCUT2D eigenvalue weighted by Crippen LogP contribution is 2.46. The molecule has 3 atom stereocenters. The lowest BCUT2D eigenvalue weighted by Crippen LogP contribution is -2.53. The van der Waals surface area contributed by atoms with E-state index in [-0.39, 0.29) is 12.3 Å². The Morgan fingerprint density at radius 2 is 1.88 bits per heavy atom. The van der Waals surface area contributed by atoms with Gasteiger partial charge in [-0.2, -0.15) is 13.2 Å². The molecule has 0 bridgehead atoms. The highest BCUT2D eigenvalue weighted by molar-refractivity contribution is 5.88. The summed E-state index contributed by atoms with van der Waals surface area (Å²) in [5.41, 5.74) is 0. The zero-order valence-corrected chi connectivity index (χ0v) is 8.20. The zero-order chi connectivity index (χ0) is 12.1. The lowest BCUT2D eigenvalue weighted by atomic mass is 10.0. The number of aliphatic carboxylic acids is 1. The summed E-state index contributed by atoms with van der Waals surface area (Å²) < 4.78 is 36.8. The highest BCUT2D eigenvalue weighted by Gasteiger charge is 2.57. The minimum atomic E-state index is -4.99. The number of fused-ring (bicyclic) bond motifs is 1. The van der Waals surface area contributed by atoms with Gasteiger partial charge in [0.05, 0.1) is 0 Å². The molecule has 1 N–H and O–H groups in total. The van der Waals surface area contributed by atoms with Gasteiger partial charge in [-0.05, 0) is 25.2 Å². The van der Waals surface area contributed by atoms with Gasteiger partial charge in [0.2, 0.25) is 0 Å². The van der Waals surface area contributed by atoms with Crippen molar-refractivity contribution in [1.29, 1.82) is 0 Å². The molecule has 1 saturated heterocycles. The van der Waals surface area contributed by atoms with E-state index in [9.17, 15) is 22.8 Å².